The normalized spacial score (nSPS) is 10.9. The molecule has 1 N–H and O–H groups in total. The maximum atomic E-state index is 10.8. The minimum Gasteiger partial charge on any atom is -0.343 e. The van der Waals surface area contributed by atoms with Crippen LogP contribution in [0.25, 0.3) is 0 Å². The molecule has 1 rings (SSSR count). The van der Waals surface area contributed by atoms with Gasteiger partial charge in [0.1, 0.15) is 0 Å². The van der Waals surface area contributed by atoms with Gasteiger partial charge in [-0.2, -0.15) is 14.8 Å². The molecular weight excluding hydrogens is 415 g/mol. The van der Waals surface area contributed by atoms with Gasteiger partial charge in [0.25, 0.3) is 10.1 Å². The van der Waals surface area contributed by atoms with Gasteiger partial charge in [0.05, 0.1) is 4.90 Å². The first-order valence-corrected chi connectivity index (χ1v) is 13.6. The van der Waals surface area contributed by atoms with Gasteiger partial charge in [-0.05, 0) is 31.0 Å². The standard InChI is InChI=1S/C18H37.C8H10O3S.Na/c1-3-5-7-9-11-13-15-17-18-16-14-12-10-8-6-4-2;1-6-4-3-5-8(7(6)2)12(9,10)11;/h1,3-18H2,2H3;3-5H,1-2H3,(H,9,10,11);/q-1;;+1. The fourth-order valence-corrected chi connectivity index (χ4v) is 4.35. The number of aryl methyl sites for hydroxylation is 1. The zero-order valence-corrected chi connectivity index (χ0v) is 23.7. The molecule has 1 aromatic carbocycles. The summed E-state index contributed by atoms with van der Waals surface area (Å²) in [6.07, 6.45) is 22.8. The maximum absolute atomic E-state index is 10.8. The van der Waals surface area contributed by atoms with Gasteiger partial charge in [-0.25, -0.2) is 0 Å². The molecule has 176 valence electrons. The third-order valence-electron chi connectivity index (χ3n) is 5.69. The molecule has 0 spiro atoms. The Hall–Kier alpha value is 0.130. The molecule has 0 bridgehead atoms. The van der Waals surface area contributed by atoms with Crippen LogP contribution < -0.4 is 29.6 Å². The van der Waals surface area contributed by atoms with Crippen LogP contribution in [-0.4, -0.2) is 13.0 Å². The van der Waals surface area contributed by atoms with E-state index in [9.17, 15) is 8.42 Å². The second-order valence-corrected chi connectivity index (χ2v) is 9.87. The van der Waals surface area contributed by atoms with Crippen molar-refractivity contribution in [1.29, 1.82) is 0 Å². The molecule has 1 aromatic rings. The average Bonchev–Trinajstić information content (AvgIpc) is 2.70. The minimum atomic E-state index is -4.06. The number of hydrogen-bond donors (Lipinski definition) is 1. The monoisotopic (exact) mass is 462 g/mol. The molecule has 0 aliphatic heterocycles. The van der Waals surface area contributed by atoms with Crippen molar-refractivity contribution in [3.8, 4) is 0 Å². The first-order valence-electron chi connectivity index (χ1n) is 12.2. The van der Waals surface area contributed by atoms with Crippen molar-refractivity contribution >= 4 is 10.1 Å². The van der Waals surface area contributed by atoms with Crippen LogP contribution in [0.5, 0.6) is 0 Å². The summed E-state index contributed by atoms with van der Waals surface area (Å²) in [7, 11) is -4.06. The summed E-state index contributed by atoms with van der Waals surface area (Å²) < 4.78 is 30.3. The summed E-state index contributed by atoms with van der Waals surface area (Å²) in [6.45, 7) is 9.64. The number of benzene rings is 1. The Morgan fingerprint density at radius 1 is 0.742 bits per heavy atom. The predicted octanol–water partition coefficient (Wildman–Crippen LogP) is 5.64. The Morgan fingerprint density at radius 3 is 1.45 bits per heavy atom. The van der Waals surface area contributed by atoms with Crippen LogP contribution in [0.4, 0.5) is 0 Å². The molecule has 0 aromatic heterocycles. The predicted molar refractivity (Wildman–Crippen MR) is 131 cm³/mol. The molecule has 0 atom stereocenters. The molecule has 3 nitrogen and oxygen atoms in total. The molecule has 0 saturated carbocycles. The van der Waals surface area contributed by atoms with Crippen molar-refractivity contribution in [1.82, 2.24) is 0 Å². The number of hydrogen-bond acceptors (Lipinski definition) is 2. The molecule has 31 heavy (non-hydrogen) atoms. The first kappa shape index (κ1) is 33.3. The van der Waals surface area contributed by atoms with Gasteiger partial charge in [-0.1, -0.05) is 115 Å². The Morgan fingerprint density at radius 2 is 1.13 bits per heavy atom. The Labute approximate surface area is 216 Å². The zero-order valence-electron chi connectivity index (χ0n) is 20.9. The number of unbranched alkanes of at least 4 members (excludes halogenated alkanes) is 15. The van der Waals surface area contributed by atoms with Crippen molar-refractivity contribution in [3.05, 3.63) is 36.2 Å². The average molecular weight is 463 g/mol. The molecule has 0 amide bonds. The van der Waals surface area contributed by atoms with Gasteiger partial charge in [-0.3, -0.25) is 4.55 Å². The minimum absolute atomic E-state index is 0. The first-order chi connectivity index (χ1) is 14.3. The molecule has 0 aliphatic rings. The molecule has 0 aliphatic carbocycles. The smallest absolute Gasteiger partial charge is 0.343 e. The molecule has 0 unspecified atom stereocenters. The molecule has 0 fully saturated rings. The van der Waals surface area contributed by atoms with Crippen LogP contribution in [0.1, 0.15) is 121 Å². The van der Waals surface area contributed by atoms with E-state index >= 15 is 0 Å². The van der Waals surface area contributed by atoms with E-state index in [1.54, 1.807) is 26.0 Å². The van der Waals surface area contributed by atoms with Crippen LogP contribution in [0.15, 0.2) is 23.1 Å². The van der Waals surface area contributed by atoms with Gasteiger partial charge < -0.3 is 6.92 Å². The van der Waals surface area contributed by atoms with Crippen molar-refractivity contribution < 1.29 is 42.5 Å². The summed E-state index contributed by atoms with van der Waals surface area (Å²) in [5.74, 6) is 0. The van der Waals surface area contributed by atoms with Gasteiger partial charge >= 0.3 is 29.6 Å². The van der Waals surface area contributed by atoms with Crippen LogP contribution in [-0.2, 0) is 10.1 Å². The molecule has 0 heterocycles. The summed E-state index contributed by atoms with van der Waals surface area (Å²) in [5.41, 5.74) is 1.45. The molecule has 0 radical (unpaired) electrons. The van der Waals surface area contributed by atoms with Gasteiger partial charge in [-0.15, -0.1) is 0 Å². The maximum Gasteiger partial charge on any atom is 1.00 e. The fourth-order valence-electron chi connectivity index (χ4n) is 3.55. The molecule has 0 saturated heterocycles. The van der Waals surface area contributed by atoms with E-state index in [1.165, 1.54) is 102 Å². The Balaban J connectivity index is 0. The van der Waals surface area contributed by atoms with Crippen LogP contribution in [0, 0.1) is 20.8 Å². The molecular formula is C26H47NaO3S. The van der Waals surface area contributed by atoms with E-state index in [0.29, 0.717) is 5.56 Å². The quantitative estimate of drug-likeness (QED) is 0.150. The zero-order chi connectivity index (χ0) is 22.7. The second kappa shape index (κ2) is 21.9. The summed E-state index contributed by atoms with van der Waals surface area (Å²) in [4.78, 5) is -0.0116. The van der Waals surface area contributed by atoms with E-state index in [2.05, 4.69) is 13.8 Å². The van der Waals surface area contributed by atoms with Crippen molar-refractivity contribution in [2.24, 2.45) is 0 Å². The molecule has 5 heteroatoms. The summed E-state index contributed by atoms with van der Waals surface area (Å²) in [6, 6.07) is 4.78. The number of rotatable bonds is 16. The van der Waals surface area contributed by atoms with E-state index in [-0.39, 0.29) is 34.5 Å². The second-order valence-electron chi connectivity index (χ2n) is 8.48. The summed E-state index contributed by atoms with van der Waals surface area (Å²) >= 11 is 0. The largest absolute Gasteiger partial charge is 1.00 e. The third-order valence-corrected chi connectivity index (χ3v) is 6.68. The van der Waals surface area contributed by atoms with Crippen molar-refractivity contribution in [2.45, 2.75) is 128 Å². The van der Waals surface area contributed by atoms with E-state index in [0.717, 1.165) is 12.0 Å². The Bertz CT molecular complexity index is 614. The van der Waals surface area contributed by atoms with Crippen LogP contribution in [0.3, 0.4) is 0 Å². The van der Waals surface area contributed by atoms with Gasteiger partial charge in [0, 0.05) is 0 Å². The van der Waals surface area contributed by atoms with E-state index in [4.69, 9.17) is 4.55 Å². The third kappa shape index (κ3) is 19.3. The summed E-state index contributed by atoms with van der Waals surface area (Å²) in [5, 5.41) is 0. The van der Waals surface area contributed by atoms with E-state index in [1.807, 2.05) is 0 Å². The topological polar surface area (TPSA) is 54.4 Å². The van der Waals surface area contributed by atoms with Crippen LogP contribution >= 0.6 is 0 Å². The van der Waals surface area contributed by atoms with Crippen molar-refractivity contribution in [2.75, 3.05) is 0 Å². The van der Waals surface area contributed by atoms with Crippen molar-refractivity contribution in [3.63, 3.8) is 0 Å². The fraction of sp³-hybridized carbons (Fsp3) is 0.731. The Kier molecular flexibility index (Phi) is 23.6. The van der Waals surface area contributed by atoms with Gasteiger partial charge in [0.15, 0.2) is 0 Å². The van der Waals surface area contributed by atoms with E-state index < -0.39 is 10.1 Å². The SMILES string of the molecule is Cc1cccc(S(=O)(=O)O)c1C.[CH2-]CCCCCCCCCCCCCCCCC.[Na+]. The van der Waals surface area contributed by atoms with Gasteiger partial charge in [0.2, 0.25) is 0 Å². The van der Waals surface area contributed by atoms with Crippen LogP contribution in [0.2, 0.25) is 0 Å².